The minimum atomic E-state index is 0.455. The fourth-order valence-corrected chi connectivity index (χ4v) is 4.34. The lowest BCUT2D eigenvalue weighted by molar-refractivity contribution is -0.121. The van der Waals surface area contributed by atoms with Crippen LogP contribution in [0.15, 0.2) is 30.3 Å². The maximum Gasteiger partial charge on any atom is 0.135 e. The minimum Gasteiger partial charge on any atom is -0.310 e. The molecule has 1 aromatic carbocycles. The number of ketones is 1. The summed E-state index contributed by atoms with van der Waals surface area (Å²) in [5, 5.41) is 3.69. The largest absolute Gasteiger partial charge is 0.310 e. The van der Waals surface area contributed by atoms with E-state index in [2.05, 4.69) is 45.4 Å². The summed E-state index contributed by atoms with van der Waals surface area (Å²) < 4.78 is 0. The highest BCUT2D eigenvalue weighted by Crippen LogP contribution is 2.29. The van der Waals surface area contributed by atoms with E-state index in [-0.39, 0.29) is 0 Å². The van der Waals surface area contributed by atoms with E-state index in [0.717, 1.165) is 50.6 Å². The molecule has 148 valence electrons. The predicted molar refractivity (Wildman–Crippen MR) is 110 cm³/mol. The van der Waals surface area contributed by atoms with Crippen LogP contribution in [0.1, 0.15) is 56.9 Å². The van der Waals surface area contributed by atoms with Crippen LogP contribution in [-0.2, 0) is 11.3 Å². The lowest BCUT2D eigenvalue weighted by Gasteiger charge is -2.32. The first-order chi connectivity index (χ1) is 13.3. The molecule has 1 N–H and O–H groups in total. The van der Waals surface area contributed by atoms with Crippen molar-refractivity contribution < 1.29 is 4.79 Å². The van der Waals surface area contributed by atoms with E-state index >= 15 is 0 Å². The normalized spacial score (nSPS) is 25.1. The topological polar surface area (TPSA) is 35.6 Å². The number of piperidine rings is 2. The summed E-state index contributed by atoms with van der Waals surface area (Å²) >= 11 is 0. The van der Waals surface area contributed by atoms with Crippen molar-refractivity contribution in [1.29, 1.82) is 0 Å². The number of likely N-dealkylation sites (tertiary alicyclic amines) is 2. The molecule has 1 aromatic rings. The van der Waals surface area contributed by atoms with E-state index in [1.165, 1.54) is 57.2 Å². The smallest absolute Gasteiger partial charge is 0.135 e. The molecule has 27 heavy (non-hydrogen) atoms. The summed E-state index contributed by atoms with van der Waals surface area (Å²) in [4.78, 5) is 16.0. The van der Waals surface area contributed by atoms with Gasteiger partial charge in [0.05, 0.1) is 0 Å². The van der Waals surface area contributed by atoms with E-state index in [4.69, 9.17) is 0 Å². The molecule has 0 spiro atoms. The van der Waals surface area contributed by atoms with E-state index in [0.29, 0.717) is 5.78 Å². The molecule has 5 rings (SSSR count). The highest BCUT2D eigenvalue weighted by molar-refractivity contribution is 5.79. The highest BCUT2D eigenvalue weighted by Gasteiger charge is 2.32. The minimum absolute atomic E-state index is 0.455. The molecule has 0 bridgehead atoms. The van der Waals surface area contributed by atoms with Gasteiger partial charge in [0, 0.05) is 50.6 Å². The molecule has 2 heterocycles. The first kappa shape index (κ1) is 19.1. The Bertz CT molecular complexity index is 579. The van der Waals surface area contributed by atoms with Crippen LogP contribution in [0.25, 0.3) is 0 Å². The Balaban J connectivity index is 0.000000153. The number of carbonyl (C=O) groups is 1. The molecule has 0 amide bonds. The SMILES string of the molecule is O=C1CCN(C2CC2)CC1.c1ccc(CNC2CCN(C3CC3)CC2)cc1. The van der Waals surface area contributed by atoms with Gasteiger partial charge >= 0.3 is 0 Å². The van der Waals surface area contributed by atoms with Gasteiger partial charge in [-0.1, -0.05) is 30.3 Å². The fourth-order valence-electron chi connectivity index (χ4n) is 4.34. The number of hydrogen-bond donors (Lipinski definition) is 1. The van der Waals surface area contributed by atoms with E-state index < -0.39 is 0 Å². The van der Waals surface area contributed by atoms with Crippen LogP contribution >= 0.6 is 0 Å². The molecular weight excluding hydrogens is 334 g/mol. The van der Waals surface area contributed by atoms with Gasteiger partial charge < -0.3 is 10.2 Å². The first-order valence-electron chi connectivity index (χ1n) is 11.0. The van der Waals surface area contributed by atoms with Gasteiger partial charge in [0.15, 0.2) is 0 Å². The van der Waals surface area contributed by atoms with Crippen LogP contribution in [0.3, 0.4) is 0 Å². The van der Waals surface area contributed by atoms with Crippen LogP contribution < -0.4 is 5.32 Å². The summed E-state index contributed by atoms with van der Waals surface area (Å²) in [7, 11) is 0. The Morgan fingerprint density at radius 2 is 1.33 bits per heavy atom. The number of carbonyl (C=O) groups excluding carboxylic acids is 1. The monoisotopic (exact) mass is 369 g/mol. The van der Waals surface area contributed by atoms with Crippen LogP contribution in [0.4, 0.5) is 0 Å². The quantitative estimate of drug-likeness (QED) is 0.864. The molecule has 2 aliphatic carbocycles. The van der Waals surface area contributed by atoms with Crippen molar-refractivity contribution >= 4 is 5.78 Å². The zero-order valence-corrected chi connectivity index (χ0v) is 16.6. The molecule has 0 unspecified atom stereocenters. The van der Waals surface area contributed by atoms with Gasteiger partial charge in [-0.25, -0.2) is 0 Å². The van der Waals surface area contributed by atoms with E-state index in [9.17, 15) is 4.79 Å². The molecular formula is C23H35N3O. The zero-order valence-electron chi connectivity index (χ0n) is 16.6. The molecule has 4 heteroatoms. The molecule has 0 atom stereocenters. The Hall–Kier alpha value is -1.23. The second-order valence-corrected chi connectivity index (χ2v) is 8.71. The summed E-state index contributed by atoms with van der Waals surface area (Å²) in [5.74, 6) is 0.455. The number of Topliss-reactive ketones (excluding diaryl/α,β-unsaturated/α-hetero) is 1. The summed E-state index contributed by atoms with van der Waals surface area (Å²) in [6.45, 7) is 5.69. The van der Waals surface area contributed by atoms with Gasteiger partial charge in [0.2, 0.25) is 0 Å². The molecule has 0 radical (unpaired) electrons. The lowest BCUT2D eigenvalue weighted by Crippen LogP contribution is -2.43. The molecule has 2 aliphatic heterocycles. The average molecular weight is 370 g/mol. The van der Waals surface area contributed by atoms with Crippen molar-refractivity contribution in [3.8, 4) is 0 Å². The van der Waals surface area contributed by atoms with Gasteiger partial charge in [0.25, 0.3) is 0 Å². The van der Waals surface area contributed by atoms with Crippen LogP contribution in [0.5, 0.6) is 0 Å². The number of hydrogen-bond acceptors (Lipinski definition) is 4. The Morgan fingerprint density at radius 1 is 0.778 bits per heavy atom. The van der Waals surface area contributed by atoms with Gasteiger partial charge in [-0.15, -0.1) is 0 Å². The van der Waals surface area contributed by atoms with E-state index in [1.807, 2.05) is 0 Å². The van der Waals surface area contributed by atoms with Crippen LogP contribution in [0.2, 0.25) is 0 Å². The third kappa shape index (κ3) is 6.13. The van der Waals surface area contributed by atoms with Gasteiger partial charge in [-0.2, -0.15) is 0 Å². The van der Waals surface area contributed by atoms with Crippen molar-refractivity contribution in [3.05, 3.63) is 35.9 Å². The van der Waals surface area contributed by atoms with Crippen LogP contribution in [0, 0.1) is 0 Å². The standard InChI is InChI=1S/C15H22N2.C8H13NO/c1-2-4-13(5-3-1)12-16-14-8-10-17(11-9-14)15-6-7-15;10-8-3-5-9(6-4-8)7-1-2-7/h1-5,14-16H,6-12H2;7H,1-6H2. The van der Waals surface area contributed by atoms with Gasteiger partial charge in [0.1, 0.15) is 5.78 Å². The van der Waals surface area contributed by atoms with E-state index in [1.54, 1.807) is 0 Å². The molecule has 2 saturated carbocycles. The second-order valence-electron chi connectivity index (χ2n) is 8.71. The number of nitrogens with one attached hydrogen (secondary N) is 1. The van der Waals surface area contributed by atoms with Gasteiger partial charge in [-0.3, -0.25) is 9.69 Å². The molecule has 0 aromatic heterocycles. The van der Waals surface area contributed by atoms with Crippen molar-refractivity contribution in [2.45, 2.75) is 76.0 Å². The van der Waals surface area contributed by atoms with Crippen LogP contribution in [-0.4, -0.2) is 59.9 Å². The second kappa shape index (κ2) is 9.31. The Kier molecular flexibility index (Phi) is 6.59. The highest BCUT2D eigenvalue weighted by atomic mass is 16.1. The average Bonchev–Trinajstić information content (AvgIpc) is 3.61. The zero-order chi connectivity index (χ0) is 18.5. The maximum absolute atomic E-state index is 10.8. The first-order valence-corrected chi connectivity index (χ1v) is 11.0. The van der Waals surface area contributed by atoms with Crippen molar-refractivity contribution in [2.75, 3.05) is 26.2 Å². The number of nitrogens with zero attached hydrogens (tertiary/aromatic N) is 2. The lowest BCUT2D eigenvalue weighted by atomic mass is 10.0. The van der Waals surface area contributed by atoms with Crippen molar-refractivity contribution in [1.82, 2.24) is 15.1 Å². The molecule has 4 nitrogen and oxygen atoms in total. The Labute approximate surface area is 164 Å². The third-order valence-electron chi connectivity index (χ3n) is 6.45. The summed E-state index contributed by atoms with van der Waals surface area (Å²) in [6.07, 6.45) is 9.88. The summed E-state index contributed by atoms with van der Waals surface area (Å²) in [6, 6.07) is 13.2. The molecule has 2 saturated heterocycles. The van der Waals surface area contributed by atoms with Crippen molar-refractivity contribution in [3.63, 3.8) is 0 Å². The molecule has 4 aliphatic rings. The van der Waals surface area contributed by atoms with Gasteiger partial charge in [-0.05, 0) is 57.2 Å². The molecule has 4 fully saturated rings. The Morgan fingerprint density at radius 3 is 1.89 bits per heavy atom. The predicted octanol–water partition coefficient (Wildman–Crippen LogP) is 3.22. The van der Waals surface area contributed by atoms with Crippen molar-refractivity contribution in [2.24, 2.45) is 0 Å². The maximum atomic E-state index is 10.8. The fraction of sp³-hybridized carbons (Fsp3) is 0.696. The summed E-state index contributed by atoms with van der Waals surface area (Å²) in [5.41, 5.74) is 1.40. The number of rotatable bonds is 5. The third-order valence-corrected chi connectivity index (χ3v) is 6.45. The number of benzene rings is 1.